The molecular weight excluding hydrogens is 228 g/mol. The van der Waals surface area contributed by atoms with E-state index in [0.717, 1.165) is 10.8 Å². The molecule has 1 N–H and O–H groups in total. The van der Waals surface area contributed by atoms with E-state index in [2.05, 4.69) is 11.6 Å². The number of rotatable bonds is 4. The van der Waals surface area contributed by atoms with E-state index in [9.17, 15) is 17.6 Å². The lowest BCUT2D eigenvalue weighted by Crippen LogP contribution is -2.23. The van der Waals surface area contributed by atoms with Crippen LogP contribution in [0.2, 0.25) is 0 Å². The standard InChI is InChI=1S/C9H10F4N2O/c1-6(2-3-10)15-5-4-14-8(15)7(16)9(11,12)13/h4-5,7,16H,1-3H2. The van der Waals surface area contributed by atoms with Gasteiger partial charge in [-0.3, -0.25) is 4.39 Å². The average Bonchev–Trinajstić information content (AvgIpc) is 2.63. The molecule has 1 aromatic heterocycles. The van der Waals surface area contributed by atoms with Crippen molar-refractivity contribution in [3.63, 3.8) is 0 Å². The second-order valence-electron chi connectivity index (χ2n) is 3.10. The van der Waals surface area contributed by atoms with Gasteiger partial charge >= 0.3 is 6.18 Å². The zero-order valence-corrected chi connectivity index (χ0v) is 8.21. The summed E-state index contributed by atoms with van der Waals surface area (Å²) in [5, 5.41) is 9.00. The van der Waals surface area contributed by atoms with E-state index in [1.165, 1.54) is 6.20 Å². The summed E-state index contributed by atoms with van der Waals surface area (Å²) >= 11 is 0. The minimum Gasteiger partial charge on any atom is -0.377 e. The van der Waals surface area contributed by atoms with Crippen molar-refractivity contribution in [3.8, 4) is 0 Å². The van der Waals surface area contributed by atoms with Crippen LogP contribution in [-0.4, -0.2) is 27.5 Å². The van der Waals surface area contributed by atoms with Crippen LogP contribution in [0, 0.1) is 0 Å². The molecule has 7 heteroatoms. The van der Waals surface area contributed by atoms with Crippen LogP contribution in [0.1, 0.15) is 18.3 Å². The molecule has 16 heavy (non-hydrogen) atoms. The number of aromatic nitrogens is 2. The maximum atomic E-state index is 12.2. The molecule has 1 heterocycles. The molecule has 0 aliphatic rings. The summed E-state index contributed by atoms with van der Waals surface area (Å²) in [6, 6.07) is 0. The fraction of sp³-hybridized carbons (Fsp3) is 0.444. The minimum absolute atomic E-state index is 0.110. The zero-order valence-electron chi connectivity index (χ0n) is 8.21. The van der Waals surface area contributed by atoms with Crippen molar-refractivity contribution in [1.29, 1.82) is 0 Å². The number of hydrogen-bond donors (Lipinski definition) is 1. The van der Waals surface area contributed by atoms with E-state index < -0.39 is 24.8 Å². The first-order valence-corrected chi connectivity index (χ1v) is 4.40. The van der Waals surface area contributed by atoms with Gasteiger partial charge in [0, 0.05) is 24.5 Å². The van der Waals surface area contributed by atoms with Gasteiger partial charge in [0.2, 0.25) is 6.10 Å². The van der Waals surface area contributed by atoms with Crippen LogP contribution in [0.5, 0.6) is 0 Å². The highest BCUT2D eigenvalue weighted by Crippen LogP contribution is 2.32. The summed E-state index contributed by atoms with van der Waals surface area (Å²) in [5.41, 5.74) is 0.110. The summed E-state index contributed by atoms with van der Waals surface area (Å²) < 4.78 is 49.7. The first kappa shape index (κ1) is 12.7. The number of alkyl halides is 4. The summed E-state index contributed by atoms with van der Waals surface area (Å²) in [4.78, 5) is 3.40. The number of aliphatic hydroxyl groups excluding tert-OH is 1. The molecule has 0 saturated carbocycles. The Kier molecular flexibility index (Phi) is 3.69. The highest BCUT2D eigenvalue weighted by Gasteiger charge is 2.42. The Morgan fingerprint density at radius 3 is 2.69 bits per heavy atom. The Morgan fingerprint density at radius 1 is 1.56 bits per heavy atom. The first-order chi connectivity index (χ1) is 7.38. The lowest BCUT2D eigenvalue weighted by molar-refractivity contribution is -0.209. The molecule has 0 amide bonds. The summed E-state index contributed by atoms with van der Waals surface area (Å²) in [6.07, 6.45) is -5.33. The van der Waals surface area contributed by atoms with Crippen LogP contribution < -0.4 is 0 Å². The molecule has 0 aliphatic carbocycles. The highest BCUT2D eigenvalue weighted by molar-refractivity contribution is 5.42. The highest BCUT2D eigenvalue weighted by atomic mass is 19.4. The van der Waals surface area contributed by atoms with E-state index >= 15 is 0 Å². The van der Waals surface area contributed by atoms with Crippen LogP contribution in [0.15, 0.2) is 19.0 Å². The fourth-order valence-electron chi connectivity index (χ4n) is 1.16. The van der Waals surface area contributed by atoms with Crippen molar-refractivity contribution in [3.05, 3.63) is 24.8 Å². The third kappa shape index (κ3) is 2.60. The second kappa shape index (κ2) is 4.65. The molecule has 1 unspecified atom stereocenters. The van der Waals surface area contributed by atoms with Crippen molar-refractivity contribution < 1.29 is 22.7 Å². The molecule has 0 aliphatic heterocycles. The van der Waals surface area contributed by atoms with Crippen LogP contribution in [0.25, 0.3) is 5.70 Å². The topological polar surface area (TPSA) is 38.0 Å². The second-order valence-corrected chi connectivity index (χ2v) is 3.10. The summed E-state index contributed by atoms with van der Waals surface area (Å²) in [7, 11) is 0. The van der Waals surface area contributed by atoms with E-state index in [-0.39, 0.29) is 12.1 Å². The number of aliphatic hydroxyl groups is 1. The van der Waals surface area contributed by atoms with Gasteiger partial charge in [-0.05, 0) is 0 Å². The van der Waals surface area contributed by atoms with E-state index in [4.69, 9.17) is 5.11 Å². The molecule has 0 fully saturated rings. The molecule has 3 nitrogen and oxygen atoms in total. The maximum absolute atomic E-state index is 12.2. The number of nitrogens with zero attached hydrogens (tertiary/aromatic N) is 2. The van der Waals surface area contributed by atoms with Gasteiger partial charge in [-0.1, -0.05) is 6.58 Å². The third-order valence-corrected chi connectivity index (χ3v) is 1.95. The van der Waals surface area contributed by atoms with Gasteiger partial charge < -0.3 is 9.67 Å². The average molecular weight is 238 g/mol. The van der Waals surface area contributed by atoms with Gasteiger partial charge in [0.05, 0.1) is 6.67 Å². The molecular formula is C9H10F4N2O. The van der Waals surface area contributed by atoms with Gasteiger partial charge in [-0.15, -0.1) is 0 Å². The number of allylic oxidation sites excluding steroid dienone is 1. The molecule has 90 valence electrons. The normalized spacial score (nSPS) is 13.8. The van der Waals surface area contributed by atoms with Gasteiger partial charge in [0.15, 0.2) is 5.82 Å². The summed E-state index contributed by atoms with van der Waals surface area (Å²) in [5.74, 6) is -0.606. The predicted octanol–water partition coefficient (Wildman–Crippen LogP) is 2.31. The lowest BCUT2D eigenvalue weighted by atomic mass is 10.3. The largest absolute Gasteiger partial charge is 0.421 e. The van der Waals surface area contributed by atoms with Crippen molar-refractivity contribution >= 4 is 5.70 Å². The molecule has 1 atom stereocenters. The smallest absolute Gasteiger partial charge is 0.377 e. The van der Waals surface area contributed by atoms with Crippen LogP contribution in [0.3, 0.4) is 0 Å². The predicted molar refractivity (Wildman–Crippen MR) is 49.2 cm³/mol. The molecule has 0 spiro atoms. The number of imidazole rings is 1. The minimum atomic E-state index is -4.81. The SMILES string of the molecule is C=C(CCF)n1ccnc1C(O)C(F)(F)F. The number of halogens is 4. The van der Waals surface area contributed by atoms with Crippen LogP contribution >= 0.6 is 0 Å². The lowest BCUT2D eigenvalue weighted by Gasteiger charge is -2.16. The molecule has 0 bridgehead atoms. The van der Waals surface area contributed by atoms with Gasteiger partial charge in [-0.25, -0.2) is 4.98 Å². The third-order valence-electron chi connectivity index (χ3n) is 1.95. The quantitative estimate of drug-likeness (QED) is 0.817. The Hall–Kier alpha value is -1.37. The van der Waals surface area contributed by atoms with Gasteiger partial charge in [0.1, 0.15) is 0 Å². The van der Waals surface area contributed by atoms with Crippen molar-refractivity contribution in [2.24, 2.45) is 0 Å². The van der Waals surface area contributed by atoms with Gasteiger partial charge in [0.25, 0.3) is 0 Å². The van der Waals surface area contributed by atoms with Crippen LogP contribution in [0.4, 0.5) is 17.6 Å². The van der Waals surface area contributed by atoms with Crippen LogP contribution in [-0.2, 0) is 0 Å². The zero-order chi connectivity index (χ0) is 12.3. The Bertz CT molecular complexity index is 372. The van der Waals surface area contributed by atoms with E-state index in [0.29, 0.717) is 0 Å². The molecule has 0 aromatic carbocycles. The molecule has 1 rings (SSSR count). The monoisotopic (exact) mass is 238 g/mol. The maximum Gasteiger partial charge on any atom is 0.421 e. The Balaban J connectivity index is 2.99. The van der Waals surface area contributed by atoms with Crippen molar-refractivity contribution in [2.75, 3.05) is 6.67 Å². The Labute approximate surface area is 89.0 Å². The van der Waals surface area contributed by atoms with E-state index in [1.807, 2.05) is 0 Å². The molecule has 0 saturated heterocycles. The van der Waals surface area contributed by atoms with Gasteiger partial charge in [-0.2, -0.15) is 13.2 Å². The van der Waals surface area contributed by atoms with Crippen molar-refractivity contribution in [2.45, 2.75) is 18.7 Å². The van der Waals surface area contributed by atoms with Crippen molar-refractivity contribution in [1.82, 2.24) is 9.55 Å². The Morgan fingerprint density at radius 2 is 2.19 bits per heavy atom. The van der Waals surface area contributed by atoms with E-state index in [1.54, 1.807) is 0 Å². The molecule has 1 aromatic rings. The number of hydrogen-bond acceptors (Lipinski definition) is 2. The fourth-order valence-corrected chi connectivity index (χ4v) is 1.16. The first-order valence-electron chi connectivity index (χ1n) is 4.40. The molecule has 0 radical (unpaired) electrons. The summed E-state index contributed by atoms with van der Waals surface area (Å²) in [6.45, 7) is 2.68.